The van der Waals surface area contributed by atoms with E-state index in [4.69, 9.17) is 0 Å². The van der Waals surface area contributed by atoms with Gasteiger partial charge in [0.1, 0.15) is 0 Å². The molecule has 4 fully saturated rings. The smallest absolute Gasteiger partial charge is 0.0579 e. The highest BCUT2D eigenvalue weighted by atomic mass is 16.3. The van der Waals surface area contributed by atoms with E-state index in [1.807, 2.05) is 0 Å². The topological polar surface area (TPSA) is 52.5 Å². The highest BCUT2D eigenvalue weighted by Crippen LogP contribution is 2.67. The van der Waals surface area contributed by atoms with Gasteiger partial charge in [0.05, 0.1) is 12.2 Å². The molecule has 3 heteroatoms. The fourth-order valence-corrected chi connectivity index (χ4v) is 9.36. The van der Waals surface area contributed by atoms with E-state index in [1.165, 1.54) is 32.1 Å². The predicted molar refractivity (Wildman–Crippen MR) is 122 cm³/mol. The first-order valence-electron chi connectivity index (χ1n) is 13.0. The van der Waals surface area contributed by atoms with Gasteiger partial charge in [0.15, 0.2) is 0 Å². The molecule has 3 nitrogen and oxygen atoms in total. The molecule has 5 aliphatic rings. The molecule has 1 saturated heterocycles. The Morgan fingerprint density at radius 1 is 1.07 bits per heavy atom. The van der Waals surface area contributed by atoms with E-state index in [2.05, 4.69) is 39.1 Å². The molecule has 4 aliphatic carbocycles. The standard InChI is InChI=1S/C27H45NO2/c1-16-5-8-23(28-15-16)17(2)25-24(30)14-22-20-7-6-18-13-19(29)9-11-26(18,3)21(20)10-12-27(22,25)4/h6,16-17,19-25,28-30H,5,7-15H2,1-4H3/t16-,17-,19+,20-,21+,22+,23-,24+,25+,26+,27+/m1/s1. The average molecular weight is 416 g/mol. The summed E-state index contributed by atoms with van der Waals surface area (Å²) in [6, 6.07) is 0.573. The Hall–Kier alpha value is -0.380. The van der Waals surface area contributed by atoms with Crippen molar-refractivity contribution >= 4 is 0 Å². The second-order valence-electron chi connectivity index (χ2n) is 12.6. The largest absolute Gasteiger partial charge is 0.393 e. The number of aliphatic hydroxyl groups is 2. The monoisotopic (exact) mass is 415 g/mol. The molecule has 0 amide bonds. The molecule has 0 unspecified atom stereocenters. The number of allylic oxidation sites excluding steroid dienone is 1. The third kappa shape index (κ3) is 3.17. The molecular formula is C27H45NO2. The molecule has 1 heterocycles. The van der Waals surface area contributed by atoms with Crippen LogP contribution in [0, 0.1) is 46.3 Å². The molecule has 0 radical (unpaired) electrons. The molecule has 3 N–H and O–H groups in total. The van der Waals surface area contributed by atoms with Crippen molar-refractivity contribution in [2.45, 2.75) is 104 Å². The van der Waals surface area contributed by atoms with Gasteiger partial charge in [-0.05, 0) is 111 Å². The zero-order valence-electron chi connectivity index (χ0n) is 19.7. The van der Waals surface area contributed by atoms with Gasteiger partial charge in [0.25, 0.3) is 0 Å². The van der Waals surface area contributed by atoms with Gasteiger partial charge in [0, 0.05) is 6.04 Å². The van der Waals surface area contributed by atoms with Crippen LogP contribution in [0.15, 0.2) is 11.6 Å². The highest BCUT2D eigenvalue weighted by Gasteiger charge is 2.62. The summed E-state index contributed by atoms with van der Waals surface area (Å²) in [7, 11) is 0. The maximum absolute atomic E-state index is 11.4. The van der Waals surface area contributed by atoms with Crippen LogP contribution in [0.4, 0.5) is 0 Å². The van der Waals surface area contributed by atoms with Crippen molar-refractivity contribution in [3.63, 3.8) is 0 Å². The first kappa shape index (κ1) is 21.5. The van der Waals surface area contributed by atoms with Gasteiger partial charge in [-0.1, -0.05) is 39.3 Å². The van der Waals surface area contributed by atoms with Gasteiger partial charge in [-0.2, -0.15) is 0 Å². The van der Waals surface area contributed by atoms with Crippen LogP contribution < -0.4 is 5.32 Å². The van der Waals surface area contributed by atoms with Crippen LogP contribution in [0.25, 0.3) is 0 Å². The maximum atomic E-state index is 11.4. The summed E-state index contributed by atoms with van der Waals surface area (Å²) < 4.78 is 0. The Morgan fingerprint density at radius 3 is 2.60 bits per heavy atom. The van der Waals surface area contributed by atoms with Crippen molar-refractivity contribution in [1.82, 2.24) is 5.32 Å². The second kappa shape index (κ2) is 7.59. The molecule has 11 atom stereocenters. The fraction of sp³-hybridized carbons (Fsp3) is 0.926. The number of piperidine rings is 1. The number of aliphatic hydroxyl groups excluding tert-OH is 2. The average Bonchev–Trinajstić information content (AvgIpc) is 2.98. The van der Waals surface area contributed by atoms with Crippen LogP contribution in [-0.2, 0) is 0 Å². The van der Waals surface area contributed by atoms with E-state index in [-0.39, 0.29) is 17.6 Å². The third-order valence-corrected chi connectivity index (χ3v) is 11.1. The van der Waals surface area contributed by atoms with Crippen LogP contribution in [0.2, 0.25) is 0 Å². The van der Waals surface area contributed by atoms with E-state index in [0.717, 1.165) is 50.0 Å². The van der Waals surface area contributed by atoms with Gasteiger partial charge in [0.2, 0.25) is 0 Å². The van der Waals surface area contributed by atoms with E-state index in [9.17, 15) is 10.2 Å². The third-order valence-electron chi connectivity index (χ3n) is 11.1. The number of fused-ring (bicyclic) bond motifs is 5. The van der Waals surface area contributed by atoms with Gasteiger partial charge in [-0.15, -0.1) is 0 Å². The lowest BCUT2D eigenvalue weighted by Crippen LogP contribution is -2.53. The Kier molecular flexibility index (Phi) is 5.43. The molecule has 3 saturated carbocycles. The minimum Gasteiger partial charge on any atom is -0.393 e. The van der Waals surface area contributed by atoms with Crippen LogP contribution >= 0.6 is 0 Å². The summed E-state index contributed by atoms with van der Waals surface area (Å²) in [5.41, 5.74) is 2.12. The van der Waals surface area contributed by atoms with Crippen molar-refractivity contribution in [3.05, 3.63) is 11.6 Å². The summed E-state index contributed by atoms with van der Waals surface area (Å²) in [6.45, 7) is 11.0. The quantitative estimate of drug-likeness (QED) is 0.561. The van der Waals surface area contributed by atoms with Crippen LogP contribution in [-0.4, -0.2) is 35.0 Å². The molecule has 1 aliphatic heterocycles. The van der Waals surface area contributed by atoms with Crippen LogP contribution in [0.5, 0.6) is 0 Å². The number of nitrogens with one attached hydrogen (secondary N) is 1. The molecule has 170 valence electrons. The lowest BCUT2D eigenvalue weighted by Gasteiger charge is -2.58. The molecule has 5 rings (SSSR count). The van der Waals surface area contributed by atoms with Gasteiger partial charge in [-0.3, -0.25) is 0 Å². The SMILES string of the molecule is C[C@@H]1CC[C@H]([C@@H](C)[C@H]2[C@@H](O)C[C@H]3[C@@H]4CC=C5C[C@@H](O)CC[C@]5(C)[C@H]4CC[C@]23C)NC1. The van der Waals surface area contributed by atoms with Crippen molar-refractivity contribution in [1.29, 1.82) is 0 Å². The van der Waals surface area contributed by atoms with Crippen LogP contribution in [0.3, 0.4) is 0 Å². The summed E-state index contributed by atoms with van der Waals surface area (Å²) in [5, 5.41) is 25.5. The molecule has 0 aromatic carbocycles. The Labute approximate surface area is 184 Å². The zero-order chi connectivity index (χ0) is 21.3. The van der Waals surface area contributed by atoms with E-state index >= 15 is 0 Å². The number of hydrogen-bond donors (Lipinski definition) is 3. The van der Waals surface area contributed by atoms with Crippen LogP contribution in [0.1, 0.15) is 85.5 Å². The van der Waals surface area contributed by atoms with Crippen molar-refractivity contribution < 1.29 is 10.2 Å². The molecule has 0 bridgehead atoms. The van der Waals surface area contributed by atoms with E-state index < -0.39 is 0 Å². The Morgan fingerprint density at radius 2 is 1.87 bits per heavy atom. The minimum absolute atomic E-state index is 0.126. The summed E-state index contributed by atoms with van der Waals surface area (Å²) in [4.78, 5) is 0. The second-order valence-corrected chi connectivity index (χ2v) is 12.6. The number of hydrogen-bond acceptors (Lipinski definition) is 3. The zero-order valence-corrected chi connectivity index (χ0v) is 19.7. The molecular weight excluding hydrogens is 370 g/mol. The molecule has 30 heavy (non-hydrogen) atoms. The van der Waals surface area contributed by atoms with E-state index in [0.29, 0.717) is 29.2 Å². The summed E-state index contributed by atoms with van der Waals surface area (Å²) in [6.07, 6.45) is 12.6. The van der Waals surface area contributed by atoms with Crippen molar-refractivity contribution in [2.24, 2.45) is 46.3 Å². The number of rotatable bonds is 2. The predicted octanol–water partition coefficient (Wildman–Crippen LogP) is 4.92. The normalized spacial score (nSPS) is 54.5. The first-order valence-corrected chi connectivity index (χ1v) is 13.0. The van der Waals surface area contributed by atoms with Crippen molar-refractivity contribution in [3.8, 4) is 0 Å². The maximum Gasteiger partial charge on any atom is 0.0579 e. The van der Waals surface area contributed by atoms with Gasteiger partial charge in [-0.25, -0.2) is 0 Å². The summed E-state index contributed by atoms with van der Waals surface area (Å²) in [5.74, 6) is 3.90. The van der Waals surface area contributed by atoms with Gasteiger partial charge < -0.3 is 15.5 Å². The Balaban J connectivity index is 1.39. The first-order chi connectivity index (χ1) is 14.2. The highest BCUT2D eigenvalue weighted by molar-refractivity contribution is 5.25. The molecule has 0 aromatic rings. The molecule has 0 aromatic heterocycles. The minimum atomic E-state index is -0.138. The lowest BCUT2D eigenvalue weighted by atomic mass is 9.47. The summed E-state index contributed by atoms with van der Waals surface area (Å²) >= 11 is 0. The lowest BCUT2D eigenvalue weighted by molar-refractivity contribution is -0.0655. The molecule has 0 spiro atoms. The van der Waals surface area contributed by atoms with E-state index in [1.54, 1.807) is 5.57 Å². The van der Waals surface area contributed by atoms with Gasteiger partial charge >= 0.3 is 0 Å². The Bertz CT molecular complexity index is 682. The fourth-order valence-electron chi connectivity index (χ4n) is 9.36. The van der Waals surface area contributed by atoms with Crippen molar-refractivity contribution in [2.75, 3.05) is 6.54 Å².